The minimum Gasteiger partial charge on any atom is -0.372 e. The van der Waals surface area contributed by atoms with Gasteiger partial charge in [0.25, 0.3) is 0 Å². The van der Waals surface area contributed by atoms with E-state index < -0.39 is 0 Å². The number of aromatic nitrogens is 2. The topological polar surface area (TPSA) is 38.2 Å². The van der Waals surface area contributed by atoms with Gasteiger partial charge in [0.15, 0.2) is 0 Å². The summed E-state index contributed by atoms with van der Waals surface area (Å²) in [6.45, 7) is 5.85. The molecule has 4 rings (SSSR count). The maximum absolute atomic E-state index is 13.1. The Morgan fingerprint density at radius 1 is 1.08 bits per heavy atom. The second kappa shape index (κ2) is 6.11. The summed E-state index contributed by atoms with van der Waals surface area (Å²) in [7, 11) is 0. The van der Waals surface area contributed by atoms with Crippen LogP contribution in [0.1, 0.15) is 13.8 Å². The SMILES string of the molecule is C[C@@H]1CN(c2snc3ccc(-c4ccc(F)cc4)nc23)C[C@H](C)O1. The van der Waals surface area contributed by atoms with Crippen LogP contribution in [0.2, 0.25) is 0 Å². The van der Waals surface area contributed by atoms with E-state index in [0.717, 1.165) is 40.4 Å². The van der Waals surface area contributed by atoms with Crippen molar-refractivity contribution in [2.24, 2.45) is 0 Å². The van der Waals surface area contributed by atoms with Crippen LogP contribution in [0.15, 0.2) is 36.4 Å². The molecule has 0 N–H and O–H groups in total. The number of fused-ring (bicyclic) bond motifs is 1. The molecule has 0 amide bonds. The van der Waals surface area contributed by atoms with E-state index in [9.17, 15) is 4.39 Å². The molecule has 24 heavy (non-hydrogen) atoms. The molecular weight excluding hydrogens is 325 g/mol. The smallest absolute Gasteiger partial charge is 0.138 e. The van der Waals surface area contributed by atoms with Gasteiger partial charge in [-0.1, -0.05) is 0 Å². The molecule has 1 fully saturated rings. The summed E-state index contributed by atoms with van der Waals surface area (Å²) in [5.74, 6) is -0.242. The molecule has 1 aliphatic heterocycles. The van der Waals surface area contributed by atoms with E-state index in [1.165, 1.54) is 23.7 Å². The molecule has 1 saturated heterocycles. The lowest BCUT2D eigenvalue weighted by Crippen LogP contribution is -2.45. The number of morpholine rings is 1. The average molecular weight is 343 g/mol. The van der Waals surface area contributed by atoms with Crippen molar-refractivity contribution in [2.75, 3.05) is 18.0 Å². The van der Waals surface area contributed by atoms with Crippen molar-refractivity contribution in [2.45, 2.75) is 26.1 Å². The number of anilines is 1. The second-order valence-corrected chi connectivity index (χ2v) is 6.97. The highest BCUT2D eigenvalue weighted by Crippen LogP contribution is 2.33. The van der Waals surface area contributed by atoms with Gasteiger partial charge in [0.05, 0.1) is 17.9 Å². The Balaban J connectivity index is 1.74. The van der Waals surface area contributed by atoms with Crippen molar-refractivity contribution in [3.05, 3.63) is 42.2 Å². The molecule has 0 unspecified atom stereocenters. The first-order chi connectivity index (χ1) is 11.6. The van der Waals surface area contributed by atoms with E-state index in [4.69, 9.17) is 9.72 Å². The molecule has 2 atom stereocenters. The van der Waals surface area contributed by atoms with Gasteiger partial charge in [-0.05, 0) is 61.8 Å². The van der Waals surface area contributed by atoms with Gasteiger partial charge in [-0.15, -0.1) is 0 Å². The lowest BCUT2D eigenvalue weighted by Gasteiger charge is -2.35. The first kappa shape index (κ1) is 15.5. The first-order valence-corrected chi connectivity index (χ1v) is 8.80. The van der Waals surface area contributed by atoms with Gasteiger partial charge >= 0.3 is 0 Å². The third kappa shape index (κ3) is 2.87. The van der Waals surface area contributed by atoms with Crippen molar-refractivity contribution in [3.8, 4) is 11.3 Å². The van der Waals surface area contributed by atoms with Crippen LogP contribution < -0.4 is 4.90 Å². The molecule has 0 bridgehead atoms. The van der Waals surface area contributed by atoms with Gasteiger partial charge in [-0.3, -0.25) is 0 Å². The van der Waals surface area contributed by atoms with Crippen molar-refractivity contribution in [3.63, 3.8) is 0 Å². The van der Waals surface area contributed by atoms with Crippen molar-refractivity contribution < 1.29 is 9.13 Å². The summed E-state index contributed by atoms with van der Waals surface area (Å²) in [6.07, 6.45) is 0.373. The van der Waals surface area contributed by atoms with E-state index >= 15 is 0 Å². The maximum Gasteiger partial charge on any atom is 0.138 e. The summed E-state index contributed by atoms with van der Waals surface area (Å²) in [5.41, 5.74) is 3.54. The summed E-state index contributed by atoms with van der Waals surface area (Å²) in [5, 5.41) is 1.08. The molecule has 2 aromatic heterocycles. The molecule has 0 saturated carbocycles. The number of hydrogen-bond donors (Lipinski definition) is 0. The van der Waals surface area contributed by atoms with Gasteiger partial charge in [-0.25, -0.2) is 9.37 Å². The molecular formula is C18H18FN3OS. The van der Waals surface area contributed by atoms with E-state index in [1.807, 2.05) is 12.1 Å². The van der Waals surface area contributed by atoms with E-state index in [-0.39, 0.29) is 18.0 Å². The number of nitrogens with zero attached hydrogens (tertiary/aromatic N) is 3. The summed E-state index contributed by atoms with van der Waals surface area (Å²) >= 11 is 1.48. The highest BCUT2D eigenvalue weighted by molar-refractivity contribution is 7.11. The minimum absolute atomic E-state index is 0.186. The van der Waals surface area contributed by atoms with Crippen LogP contribution in [0, 0.1) is 5.82 Å². The highest BCUT2D eigenvalue weighted by Gasteiger charge is 2.25. The quantitative estimate of drug-likeness (QED) is 0.702. The minimum atomic E-state index is -0.242. The molecule has 0 aliphatic carbocycles. The molecule has 3 heterocycles. The van der Waals surface area contributed by atoms with Crippen molar-refractivity contribution in [1.82, 2.24) is 9.36 Å². The number of benzene rings is 1. The fourth-order valence-corrected chi connectivity index (χ4v) is 3.98. The molecule has 124 valence electrons. The van der Waals surface area contributed by atoms with Crippen LogP contribution in [0.4, 0.5) is 9.39 Å². The third-order valence-corrected chi connectivity index (χ3v) is 5.07. The molecule has 0 radical (unpaired) electrons. The Kier molecular flexibility index (Phi) is 3.94. The highest BCUT2D eigenvalue weighted by atomic mass is 32.1. The number of halogens is 1. The zero-order valence-electron chi connectivity index (χ0n) is 13.6. The molecule has 1 aliphatic rings. The largest absolute Gasteiger partial charge is 0.372 e. The summed E-state index contributed by atoms with van der Waals surface area (Å²) in [6, 6.07) is 10.3. The lowest BCUT2D eigenvalue weighted by atomic mass is 10.1. The van der Waals surface area contributed by atoms with E-state index in [1.54, 1.807) is 12.1 Å². The number of hydrogen-bond acceptors (Lipinski definition) is 5. The summed E-state index contributed by atoms with van der Waals surface area (Å²) in [4.78, 5) is 7.11. The van der Waals surface area contributed by atoms with Gasteiger partial charge < -0.3 is 9.64 Å². The van der Waals surface area contributed by atoms with E-state index in [2.05, 4.69) is 23.1 Å². The molecule has 6 heteroatoms. The summed E-state index contributed by atoms with van der Waals surface area (Å²) < 4.78 is 23.5. The van der Waals surface area contributed by atoms with Gasteiger partial charge in [0, 0.05) is 18.7 Å². The number of ether oxygens (including phenoxy) is 1. The number of rotatable bonds is 2. The predicted octanol–water partition coefficient (Wildman–Crippen LogP) is 4.11. The van der Waals surface area contributed by atoms with Crippen LogP contribution in [-0.2, 0) is 4.74 Å². The Morgan fingerprint density at radius 3 is 2.50 bits per heavy atom. The molecule has 4 nitrogen and oxygen atoms in total. The zero-order chi connectivity index (χ0) is 16.7. The molecule has 1 aromatic carbocycles. The van der Waals surface area contributed by atoms with Crippen molar-refractivity contribution >= 4 is 27.6 Å². The van der Waals surface area contributed by atoms with Crippen LogP contribution in [-0.4, -0.2) is 34.7 Å². The van der Waals surface area contributed by atoms with Crippen LogP contribution in [0.25, 0.3) is 22.3 Å². The van der Waals surface area contributed by atoms with Gasteiger partial charge in [0.2, 0.25) is 0 Å². The predicted molar refractivity (Wildman–Crippen MR) is 95.0 cm³/mol. The Bertz CT molecular complexity index is 854. The third-order valence-electron chi connectivity index (χ3n) is 4.15. The average Bonchev–Trinajstić information content (AvgIpc) is 2.97. The van der Waals surface area contributed by atoms with Crippen LogP contribution >= 0.6 is 11.5 Å². The van der Waals surface area contributed by atoms with Crippen molar-refractivity contribution in [1.29, 1.82) is 0 Å². The van der Waals surface area contributed by atoms with Gasteiger partial charge in [-0.2, -0.15) is 4.37 Å². The standard InChI is InChI=1S/C18H18FN3OS/c1-11-9-22(10-12(2)23-11)18-17-16(21-24-18)8-7-15(20-17)13-3-5-14(19)6-4-13/h3-8,11-12H,9-10H2,1-2H3/t11-,12+. The Labute approximate surface area is 144 Å². The Hall–Kier alpha value is -2.05. The van der Waals surface area contributed by atoms with Crippen LogP contribution in [0.3, 0.4) is 0 Å². The molecule has 0 spiro atoms. The molecule has 3 aromatic rings. The van der Waals surface area contributed by atoms with E-state index in [0.29, 0.717) is 0 Å². The normalized spacial score (nSPS) is 21.4. The first-order valence-electron chi connectivity index (χ1n) is 8.03. The monoisotopic (exact) mass is 343 g/mol. The fourth-order valence-electron chi connectivity index (χ4n) is 3.15. The lowest BCUT2D eigenvalue weighted by molar-refractivity contribution is -0.00494. The Morgan fingerprint density at radius 2 is 1.79 bits per heavy atom. The zero-order valence-corrected chi connectivity index (χ0v) is 14.4. The number of pyridine rings is 1. The van der Waals surface area contributed by atoms with Gasteiger partial charge in [0.1, 0.15) is 21.9 Å². The maximum atomic E-state index is 13.1. The second-order valence-electron chi connectivity index (χ2n) is 6.22. The van der Waals surface area contributed by atoms with Crippen LogP contribution in [0.5, 0.6) is 0 Å². The fraction of sp³-hybridized carbons (Fsp3) is 0.333.